The highest BCUT2D eigenvalue weighted by Gasteiger charge is 2.19. The number of ether oxygens (including phenoxy) is 1. The number of methoxy groups -OCH3 is 1. The third-order valence-corrected chi connectivity index (χ3v) is 3.15. The fraction of sp³-hybridized carbons (Fsp3) is 0.467. The maximum absolute atomic E-state index is 5.37. The summed E-state index contributed by atoms with van der Waals surface area (Å²) in [6.45, 7) is 6.03. The van der Waals surface area contributed by atoms with E-state index in [0.29, 0.717) is 5.88 Å². The minimum absolute atomic E-state index is 0.0502. The third kappa shape index (κ3) is 3.17. The minimum Gasteiger partial charge on any atom is -0.481 e. The minimum atomic E-state index is 0.0502. The number of aromatic nitrogens is 3. The SMILES string of the molecule is CCCn1cc(C(NCC)c2cccnc2OC)cn1. The molecule has 2 aromatic heterocycles. The lowest BCUT2D eigenvalue weighted by atomic mass is 10.0. The molecule has 108 valence electrons. The normalized spacial score (nSPS) is 12.3. The van der Waals surface area contributed by atoms with Crippen LogP contribution in [0.4, 0.5) is 0 Å². The van der Waals surface area contributed by atoms with E-state index in [1.807, 2.05) is 23.0 Å². The molecule has 2 heterocycles. The molecule has 1 N–H and O–H groups in total. The highest BCUT2D eigenvalue weighted by atomic mass is 16.5. The number of rotatable bonds is 7. The lowest BCUT2D eigenvalue weighted by Gasteiger charge is -2.18. The predicted octanol–water partition coefficient (Wildman–Crippen LogP) is 2.40. The van der Waals surface area contributed by atoms with E-state index < -0.39 is 0 Å². The van der Waals surface area contributed by atoms with Gasteiger partial charge in [0.15, 0.2) is 0 Å². The molecule has 5 heteroatoms. The summed E-state index contributed by atoms with van der Waals surface area (Å²) in [6.07, 6.45) is 6.81. The average Bonchev–Trinajstić information content (AvgIpc) is 2.93. The molecule has 0 amide bonds. The van der Waals surface area contributed by atoms with E-state index in [-0.39, 0.29) is 6.04 Å². The number of hydrogen-bond donors (Lipinski definition) is 1. The Morgan fingerprint density at radius 3 is 2.95 bits per heavy atom. The highest BCUT2D eigenvalue weighted by Crippen LogP contribution is 2.27. The molecular formula is C15H22N4O. The fourth-order valence-corrected chi connectivity index (χ4v) is 2.29. The Morgan fingerprint density at radius 2 is 2.25 bits per heavy atom. The van der Waals surface area contributed by atoms with Gasteiger partial charge in [-0.2, -0.15) is 5.10 Å². The van der Waals surface area contributed by atoms with Crippen LogP contribution in [-0.4, -0.2) is 28.4 Å². The van der Waals surface area contributed by atoms with Gasteiger partial charge >= 0.3 is 0 Å². The van der Waals surface area contributed by atoms with Crippen molar-refractivity contribution in [1.82, 2.24) is 20.1 Å². The van der Waals surface area contributed by atoms with Crippen molar-refractivity contribution in [2.75, 3.05) is 13.7 Å². The van der Waals surface area contributed by atoms with Crippen LogP contribution < -0.4 is 10.1 Å². The molecule has 0 saturated heterocycles. The summed E-state index contributed by atoms with van der Waals surface area (Å²) in [4.78, 5) is 4.28. The Morgan fingerprint density at radius 1 is 1.40 bits per heavy atom. The molecule has 5 nitrogen and oxygen atoms in total. The first kappa shape index (κ1) is 14.5. The first-order valence-corrected chi connectivity index (χ1v) is 7.04. The van der Waals surface area contributed by atoms with E-state index in [2.05, 4.69) is 35.4 Å². The average molecular weight is 274 g/mol. The van der Waals surface area contributed by atoms with Crippen LogP contribution in [0.15, 0.2) is 30.7 Å². The van der Waals surface area contributed by atoms with Crippen LogP contribution in [0.3, 0.4) is 0 Å². The first-order valence-electron chi connectivity index (χ1n) is 7.04. The Hall–Kier alpha value is -1.88. The van der Waals surface area contributed by atoms with Crippen molar-refractivity contribution in [2.24, 2.45) is 0 Å². The molecule has 0 aliphatic heterocycles. The maximum Gasteiger partial charge on any atom is 0.218 e. The van der Waals surface area contributed by atoms with Crippen LogP contribution in [0.1, 0.15) is 37.4 Å². The Balaban J connectivity index is 2.34. The van der Waals surface area contributed by atoms with Gasteiger partial charge in [-0.3, -0.25) is 4.68 Å². The van der Waals surface area contributed by atoms with Crippen LogP contribution in [-0.2, 0) is 6.54 Å². The maximum atomic E-state index is 5.37. The highest BCUT2D eigenvalue weighted by molar-refractivity contribution is 5.35. The van der Waals surface area contributed by atoms with Crippen molar-refractivity contribution in [1.29, 1.82) is 0 Å². The molecule has 0 aromatic carbocycles. The predicted molar refractivity (Wildman–Crippen MR) is 78.8 cm³/mol. The number of hydrogen-bond acceptors (Lipinski definition) is 4. The molecule has 1 atom stereocenters. The molecule has 0 aliphatic carbocycles. The van der Waals surface area contributed by atoms with Gasteiger partial charge < -0.3 is 10.1 Å². The Bertz CT molecular complexity index is 538. The smallest absolute Gasteiger partial charge is 0.218 e. The zero-order valence-corrected chi connectivity index (χ0v) is 12.3. The second-order valence-corrected chi connectivity index (χ2v) is 4.63. The number of nitrogens with one attached hydrogen (secondary N) is 1. The van der Waals surface area contributed by atoms with Crippen LogP contribution in [0.2, 0.25) is 0 Å². The Kier molecular flexibility index (Phi) is 5.12. The topological polar surface area (TPSA) is 52.0 Å². The molecule has 0 aliphatic rings. The molecular weight excluding hydrogens is 252 g/mol. The molecule has 0 radical (unpaired) electrons. The van der Waals surface area contributed by atoms with Crippen LogP contribution in [0, 0.1) is 0 Å². The van der Waals surface area contributed by atoms with Gasteiger partial charge in [0, 0.05) is 30.1 Å². The zero-order valence-electron chi connectivity index (χ0n) is 12.3. The van der Waals surface area contributed by atoms with Crippen molar-refractivity contribution < 1.29 is 4.74 Å². The van der Waals surface area contributed by atoms with Crippen molar-refractivity contribution in [3.8, 4) is 5.88 Å². The second-order valence-electron chi connectivity index (χ2n) is 4.63. The Labute approximate surface area is 120 Å². The number of pyridine rings is 1. The lowest BCUT2D eigenvalue weighted by Crippen LogP contribution is -2.22. The largest absolute Gasteiger partial charge is 0.481 e. The molecule has 0 spiro atoms. The summed E-state index contributed by atoms with van der Waals surface area (Å²) in [6, 6.07) is 4.02. The van der Waals surface area contributed by atoms with E-state index in [0.717, 1.165) is 30.6 Å². The van der Waals surface area contributed by atoms with E-state index in [4.69, 9.17) is 4.74 Å². The van der Waals surface area contributed by atoms with Crippen molar-refractivity contribution in [3.63, 3.8) is 0 Å². The van der Waals surface area contributed by atoms with Gasteiger partial charge in [-0.05, 0) is 19.0 Å². The third-order valence-electron chi connectivity index (χ3n) is 3.15. The number of nitrogens with zero attached hydrogens (tertiary/aromatic N) is 3. The lowest BCUT2D eigenvalue weighted by molar-refractivity contribution is 0.387. The summed E-state index contributed by atoms with van der Waals surface area (Å²) in [5.41, 5.74) is 2.17. The number of aryl methyl sites for hydroxylation is 1. The standard InChI is InChI=1S/C15H22N4O/c1-4-9-19-11-12(10-18-19)14(16-5-2)13-7-6-8-17-15(13)20-3/h6-8,10-11,14,16H,4-5,9H2,1-3H3. The quantitative estimate of drug-likeness (QED) is 0.842. The van der Waals surface area contributed by atoms with Gasteiger partial charge in [0.25, 0.3) is 0 Å². The summed E-state index contributed by atoms with van der Waals surface area (Å²) in [5, 5.41) is 7.88. The van der Waals surface area contributed by atoms with Crippen LogP contribution in [0.25, 0.3) is 0 Å². The summed E-state index contributed by atoms with van der Waals surface area (Å²) in [7, 11) is 1.65. The molecule has 1 unspecified atom stereocenters. The van der Waals surface area contributed by atoms with Crippen LogP contribution in [0.5, 0.6) is 5.88 Å². The zero-order chi connectivity index (χ0) is 14.4. The van der Waals surface area contributed by atoms with Gasteiger partial charge in [0.1, 0.15) is 0 Å². The van der Waals surface area contributed by atoms with Crippen molar-refractivity contribution >= 4 is 0 Å². The van der Waals surface area contributed by atoms with Crippen molar-refractivity contribution in [2.45, 2.75) is 32.9 Å². The van der Waals surface area contributed by atoms with E-state index in [1.165, 1.54) is 0 Å². The molecule has 2 aromatic rings. The summed E-state index contributed by atoms with van der Waals surface area (Å²) >= 11 is 0. The van der Waals surface area contributed by atoms with Gasteiger partial charge in [-0.1, -0.05) is 19.9 Å². The molecule has 0 bridgehead atoms. The van der Waals surface area contributed by atoms with Gasteiger partial charge in [-0.15, -0.1) is 0 Å². The second kappa shape index (κ2) is 7.05. The van der Waals surface area contributed by atoms with Crippen molar-refractivity contribution in [3.05, 3.63) is 41.9 Å². The first-order chi connectivity index (χ1) is 9.80. The fourth-order valence-electron chi connectivity index (χ4n) is 2.29. The van der Waals surface area contributed by atoms with Gasteiger partial charge in [-0.25, -0.2) is 4.98 Å². The van der Waals surface area contributed by atoms with Gasteiger partial charge in [0.2, 0.25) is 5.88 Å². The molecule has 0 fully saturated rings. The van der Waals surface area contributed by atoms with E-state index in [9.17, 15) is 0 Å². The summed E-state index contributed by atoms with van der Waals surface area (Å²) in [5.74, 6) is 0.654. The van der Waals surface area contributed by atoms with Gasteiger partial charge in [0.05, 0.1) is 19.3 Å². The molecule has 0 saturated carbocycles. The molecule has 20 heavy (non-hydrogen) atoms. The van der Waals surface area contributed by atoms with E-state index in [1.54, 1.807) is 13.3 Å². The summed E-state index contributed by atoms with van der Waals surface area (Å²) < 4.78 is 7.34. The molecule has 2 rings (SSSR count). The van der Waals surface area contributed by atoms with E-state index >= 15 is 0 Å². The van der Waals surface area contributed by atoms with Crippen LogP contribution >= 0.6 is 0 Å². The monoisotopic (exact) mass is 274 g/mol.